The van der Waals surface area contributed by atoms with E-state index in [2.05, 4.69) is 10.4 Å². The van der Waals surface area contributed by atoms with Crippen LogP contribution < -0.4 is 14.8 Å². The van der Waals surface area contributed by atoms with E-state index in [9.17, 15) is 4.79 Å². The first-order valence-electron chi connectivity index (χ1n) is 7.30. The molecule has 0 fully saturated rings. The van der Waals surface area contributed by atoms with Crippen LogP contribution in [0.15, 0.2) is 30.5 Å². The van der Waals surface area contributed by atoms with Gasteiger partial charge in [-0.25, -0.2) is 0 Å². The third-order valence-electron chi connectivity index (χ3n) is 3.16. The first-order valence-corrected chi connectivity index (χ1v) is 7.30. The molecule has 0 spiro atoms. The smallest absolute Gasteiger partial charge is 0.251 e. The van der Waals surface area contributed by atoms with Gasteiger partial charge in [-0.2, -0.15) is 5.10 Å². The van der Waals surface area contributed by atoms with Crippen LogP contribution in [0.3, 0.4) is 0 Å². The molecular weight excluding hydrogens is 282 g/mol. The minimum Gasteiger partial charge on any atom is -0.490 e. The van der Waals surface area contributed by atoms with Crippen LogP contribution >= 0.6 is 0 Å². The van der Waals surface area contributed by atoms with Gasteiger partial charge >= 0.3 is 0 Å². The minimum atomic E-state index is -0.162. The van der Waals surface area contributed by atoms with Gasteiger partial charge in [-0.15, -0.1) is 0 Å². The van der Waals surface area contributed by atoms with Crippen LogP contribution in [0.2, 0.25) is 0 Å². The molecule has 0 aliphatic rings. The molecule has 1 heterocycles. The molecule has 0 saturated carbocycles. The lowest BCUT2D eigenvalue weighted by atomic mass is 10.2. The van der Waals surface area contributed by atoms with E-state index in [1.807, 2.05) is 27.0 Å². The Hall–Kier alpha value is -2.50. The highest BCUT2D eigenvalue weighted by molar-refractivity contribution is 5.94. The zero-order valence-electron chi connectivity index (χ0n) is 13.1. The number of amides is 1. The van der Waals surface area contributed by atoms with Crippen LogP contribution in [-0.4, -0.2) is 28.9 Å². The summed E-state index contributed by atoms with van der Waals surface area (Å²) in [4.78, 5) is 12.2. The average Bonchev–Trinajstić information content (AvgIpc) is 2.92. The third-order valence-corrected chi connectivity index (χ3v) is 3.16. The maximum absolute atomic E-state index is 12.2. The van der Waals surface area contributed by atoms with E-state index in [1.165, 1.54) is 0 Å². The van der Waals surface area contributed by atoms with Crippen molar-refractivity contribution in [3.63, 3.8) is 0 Å². The number of ether oxygens (including phenoxy) is 2. The van der Waals surface area contributed by atoms with Crippen molar-refractivity contribution in [3.8, 4) is 11.5 Å². The molecule has 1 N–H and O–H groups in total. The number of nitrogens with one attached hydrogen (secondary N) is 1. The molecule has 22 heavy (non-hydrogen) atoms. The fraction of sp³-hybridized carbons (Fsp3) is 0.375. The molecule has 1 aromatic carbocycles. The third kappa shape index (κ3) is 3.78. The number of nitrogens with zero attached hydrogens (tertiary/aromatic N) is 2. The van der Waals surface area contributed by atoms with Gasteiger partial charge in [0.15, 0.2) is 11.5 Å². The Kier molecular flexibility index (Phi) is 5.41. The number of carbonyl (C=O) groups excluding carboxylic acids is 1. The summed E-state index contributed by atoms with van der Waals surface area (Å²) in [6.07, 6.45) is 1.70. The zero-order valence-corrected chi connectivity index (χ0v) is 13.1. The number of aryl methyl sites for hydroxylation is 1. The topological polar surface area (TPSA) is 65.4 Å². The van der Waals surface area contributed by atoms with Crippen LogP contribution in [0.1, 0.15) is 29.9 Å². The van der Waals surface area contributed by atoms with Crippen LogP contribution in [0.25, 0.3) is 0 Å². The summed E-state index contributed by atoms with van der Waals surface area (Å²) in [6, 6.07) is 7.05. The van der Waals surface area contributed by atoms with Crippen LogP contribution in [0.4, 0.5) is 0 Å². The van der Waals surface area contributed by atoms with Crippen LogP contribution in [0, 0.1) is 0 Å². The summed E-state index contributed by atoms with van der Waals surface area (Å²) in [6.45, 7) is 5.29. The molecule has 0 aliphatic carbocycles. The van der Waals surface area contributed by atoms with Gasteiger partial charge in [0.1, 0.15) is 0 Å². The minimum absolute atomic E-state index is 0.162. The highest BCUT2D eigenvalue weighted by Crippen LogP contribution is 2.28. The Labute approximate surface area is 130 Å². The van der Waals surface area contributed by atoms with Gasteiger partial charge in [-0.3, -0.25) is 9.48 Å². The van der Waals surface area contributed by atoms with Gasteiger partial charge in [0, 0.05) is 18.8 Å². The molecule has 2 rings (SSSR count). The Morgan fingerprint density at radius 1 is 1.18 bits per heavy atom. The molecule has 1 amide bonds. The molecule has 2 aromatic rings. The summed E-state index contributed by atoms with van der Waals surface area (Å²) < 4.78 is 12.7. The Morgan fingerprint density at radius 2 is 1.91 bits per heavy atom. The number of benzene rings is 1. The average molecular weight is 303 g/mol. The summed E-state index contributed by atoms with van der Waals surface area (Å²) in [5.41, 5.74) is 1.47. The van der Waals surface area contributed by atoms with Gasteiger partial charge in [-0.1, -0.05) is 0 Å². The monoisotopic (exact) mass is 303 g/mol. The second kappa shape index (κ2) is 7.49. The lowest BCUT2D eigenvalue weighted by Gasteiger charge is -2.12. The number of rotatable bonds is 7. The largest absolute Gasteiger partial charge is 0.490 e. The predicted molar refractivity (Wildman–Crippen MR) is 83.2 cm³/mol. The Balaban J connectivity index is 2.08. The van der Waals surface area contributed by atoms with Crippen molar-refractivity contribution in [3.05, 3.63) is 41.7 Å². The Bertz CT molecular complexity index is 637. The second-order valence-corrected chi connectivity index (χ2v) is 4.66. The van der Waals surface area contributed by atoms with Gasteiger partial charge < -0.3 is 14.8 Å². The SMILES string of the molecule is CCOc1ccc(C(=O)NCc2ccnn2C)cc1OCC. The van der Waals surface area contributed by atoms with E-state index in [1.54, 1.807) is 29.1 Å². The highest BCUT2D eigenvalue weighted by atomic mass is 16.5. The highest BCUT2D eigenvalue weighted by Gasteiger charge is 2.12. The van der Waals surface area contributed by atoms with Crippen molar-refractivity contribution in [2.24, 2.45) is 7.05 Å². The van der Waals surface area contributed by atoms with E-state index in [0.29, 0.717) is 36.8 Å². The maximum atomic E-state index is 12.2. The fourth-order valence-electron chi connectivity index (χ4n) is 2.04. The first-order chi connectivity index (χ1) is 10.7. The van der Waals surface area contributed by atoms with Crippen LogP contribution in [-0.2, 0) is 13.6 Å². The molecule has 0 atom stereocenters. The summed E-state index contributed by atoms with van der Waals surface area (Å²) in [7, 11) is 1.84. The molecule has 0 bridgehead atoms. The lowest BCUT2D eigenvalue weighted by Crippen LogP contribution is -2.24. The van der Waals surface area contributed by atoms with Gasteiger partial charge in [0.05, 0.1) is 25.5 Å². The molecule has 118 valence electrons. The summed E-state index contributed by atoms with van der Waals surface area (Å²) >= 11 is 0. The number of hydrogen-bond donors (Lipinski definition) is 1. The molecule has 6 heteroatoms. The lowest BCUT2D eigenvalue weighted by molar-refractivity contribution is 0.0949. The van der Waals surface area contributed by atoms with E-state index in [4.69, 9.17) is 9.47 Å². The van der Waals surface area contributed by atoms with Crippen LogP contribution in [0.5, 0.6) is 11.5 Å². The van der Waals surface area contributed by atoms with Crippen molar-refractivity contribution in [2.45, 2.75) is 20.4 Å². The fourth-order valence-corrected chi connectivity index (χ4v) is 2.04. The van der Waals surface area contributed by atoms with E-state index >= 15 is 0 Å². The van der Waals surface area contributed by atoms with E-state index in [0.717, 1.165) is 5.69 Å². The molecule has 0 unspecified atom stereocenters. The van der Waals surface area contributed by atoms with Gasteiger partial charge in [0.2, 0.25) is 0 Å². The molecule has 0 saturated heterocycles. The molecule has 1 aromatic heterocycles. The van der Waals surface area contributed by atoms with Crippen molar-refractivity contribution in [1.29, 1.82) is 0 Å². The van der Waals surface area contributed by atoms with Crippen molar-refractivity contribution in [1.82, 2.24) is 15.1 Å². The summed E-state index contributed by atoms with van der Waals surface area (Å²) in [5.74, 6) is 1.07. The van der Waals surface area contributed by atoms with E-state index in [-0.39, 0.29) is 5.91 Å². The van der Waals surface area contributed by atoms with Gasteiger partial charge in [0.25, 0.3) is 5.91 Å². The maximum Gasteiger partial charge on any atom is 0.251 e. The molecule has 0 aliphatic heterocycles. The zero-order chi connectivity index (χ0) is 15.9. The standard InChI is InChI=1S/C16H21N3O3/c1-4-21-14-7-6-12(10-15(14)22-5-2)16(20)17-11-13-8-9-18-19(13)3/h6-10H,4-5,11H2,1-3H3,(H,17,20). The number of aromatic nitrogens is 2. The van der Waals surface area contributed by atoms with Crippen molar-refractivity contribution < 1.29 is 14.3 Å². The number of carbonyl (C=O) groups is 1. The second-order valence-electron chi connectivity index (χ2n) is 4.66. The quantitative estimate of drug-likeness (QED) is 0.851. The Morgan fingerprint density at radius 3 is 2.55 bits per heavy atom. The van der Waals surface area contributed by atoms with Crippen molar-refractivity contribution >= 4 is 5.91 Å². The molecular formula is C16H21N3O3. The van der Waals surface area contributed by atoms with Gasteiger partial charge in [-0.05, 0) is 38.1 Å². The van der Waals surface area contributed by atoms with E-state index < -0.39 is 0 Å². The van der Waals surface area contributed by atoms with Crippen molar-refractivity contribution in [2.75, 3.05) is 13.2 Å². The molecule has 6 nitrogen and oxygen atoms in total. The first kappa shape index (κ1) is 15.9. The summed E-state index contributed by atoms with van der Waals surface area (Å²) in [5, 5.41) is 6.93. The number of hydrogen-bond acceptors (Lipinski definition) is 4. The molecule has 0 radical (unpaired) electrons. The normalized spacial score (nSPS) is 10.3. The predicted octanol–water partition coefficient (Wildman–Crippen LogP) is 2.15.